The van der Waals surface area contributed by atoms with E-state index in [2.05, 4.69) is 36.1 Å². The third kappa shape index (κ3) is 4.28. The maximum Gasteiger partial charge on any atom is 0.0890 e. The van der Waals surface area contributed by atoms with Crippen LogP contribution in [0.5, 0.6) is 0 Å². The van der Waals surface area contributed by atoms with Gasteiger partial charge in [0, 0.05) is 12.6 Å². The fourth-order valence-corrected chi connectivity index (χ4v) is 2.04. The van der Waals surface area contributed by atoms with Gasteiger partial charge >= 0.3 is 0 Å². The van der Waals surface area contributed by atoms with Gasteiger partial charge in [0.1, 0.15) is 0 Å². The van der Waals surface area contributed by atoms with Gasteiger partial charge in [0.25, 0.3) is 0 Å². The first-order valence-corrected chi connectivity index (χ1v) is 7.09. The summed E-state index contributed by atoms with van der Waals surface area (Å²) in [6.07, 6.45) is 4.33. The second-order valence-electron chi connectivity index (χ2n) is 5.60. The van der Waals surface area contributed by atoms with Crippen LogP contribution >= 0.6 is 0 Å². The Labute approximate surface area is 115 Å². The molecule has 0 aliphatic rings. The minimum absolute atomic E-state index is 0.524. The molecule has 3 heteroatoms. The lowest BCUT2D eigenvalue weighted by Crippen LogP contribution is -2.26. The van der Waals surface area contributed by atoms with Crippen molar-refractivity contribution in [3.63, 3.8) is 0 Å². The molecule has 19 heavy (non-hydrogen) atoms. The summed E-state index contributed by atoms with van der Waals surface area (Å²) in [5.41, 5.74) is 2.94. The Bertz CT molecular complexity index is 522. The number of hydrogen-bond acceptors (Lipinski definition) is 3. The van der Waals surface area contributed by atoms with Crippen molar-refractivity contribution in [2.75, 3.05) is 0 Å². The molecule has 1 aromatic carbocycles. The molecule has 102 valence electrons. The van der Waals surface area contributed by atoms with Gasteiger partial charge in [-0.05, 0) is 37.8 Å². The molecule has 0 aliphatic carbocycles. The molecule has 1 N–H and O–H groups in total. The van der Waals surface area contributed by atoms with Crippen LogP contribution in [0.4, 0.5) is 0 Å². The Kier molecular flexibility index (Phi) is 4.86. The van der Waals surface area contributed by atoms with Crippen molar-refractivity contribution in [2.24, 2.45) is 5.92 Å². The van der Waals surface area contributed by atoms with Crippen molar-refractivity contribution in [3.8, 4) is 0 Å². The molecule has 0 saturated carbocycles. The van der Waals surface area contributed by atoms with E-state index in [4.69, 9.17) is 0 Å². The van der Waals surface area contributed by atoms with E-state index in [1.807, 2.05) is 30.5 Å². The molecule has 1 atom stereocenters. The van der Waals surface area contributed by atoms with Crippen LogP contribution < -0.4 is 5.32 Å². The van der Waals surface area contributed by atoms with Crippen LogP contribution in [-0.2, 0) is 6.54 Å². The lowest BCUT2D eigenvalue weighted by atomic mass is 10.0. The number of hydrogen-bond donors (Lipinski definition) is 1. The minimum atomic E-state index is 0.524. The second-order valence-corrected chi connectivity index (χ2v) is 5.60. The molecule has 2 aromatic rings. The van der Waals surface area contributed by atoms with Crippen LogP contribution in [0.1, 0.15) is 39.3 Å². The number of fused-ring (bicyclic) bond motifs is 1. The fraction of sp³-hybridized carbons (Fsp3) is 0.500. The van der Waals surface area contributed by atoms with Gasteiger partial charge in [0.05, 0.1) is 22.9 Å². The molecule has 2 rings (SSSR count). The topological polar surface area (TPSA) is 37.8 Å². The molecular weight excluding hydrogens is 234 g/mol. The van der Waals surface area contributed by atoms with Gasteiger partial charge in [-0.2, -0.15) is 0 Å². The summed E-state index contributed by atoms with van der Waals surface area (Å²) in [4.78, 5) is 9.05. The highest BCUT2D eigenvalue weighted by Gasteiger charge is 2.04. The third-order valence-corrected chi connectivity index (χ3v) is 3.31. The van der Waals surface area contributed by atoms with E-state index in [9.17, 15) is 0 Å². The summed E-state index contributed by atoms with van der Waals surface area (Å²) in [6.45, 7) is 7.55. The molecule has 0 fully saturated rings. The Morgan fingerprint density at radius 3 is 2.53 bits per heavy atom. The third-order valence-electron chi connectivity index (χ3n) is 3.31. The van der Waals surface area contributed by atoms with E-state index < -0.39 is 0 Å². The summed E-state index contributed by atoms with van der Waals surface area (Å²) in [6, 6.07) is 8.51. The molecule has 0 amide bonds. The lowest BCUT2D eigenvalue weighted by molar-refractivity contribution is 0.449. The van der Waals surface area contributed by atoms with Crippen LogP contribution in [0.3, 0.4) is 0 Å². The number of aromatic nitrogens is 2. The number of para-hydroxylation sites is 2. The Balaban J connectivity index is 1.90. The van der Waals surface area contributed by atoms with Gasteiger partial charge in [0.15, 0.2) is 0 Å². The van der Waals surface area contributed by atoms with Crippen LogP contribution in [-0.4, -0.2) is 16.0 Å². The van der Waals surface area contributed by atoms with Gasteiger partial charge in [-0.25, -0.2) is 4.98 Å². The standard InChI is InChI=1S/C16H23N3/c1-12(2)8-9-13(3)17-10-14-11-18-15-6-4-5-7-16(15)19-14/h4-7,11-13,17H,8-10H2,1-3H3. The largest absolute Gasteiger partial charge is 0.309 e. The highest BCUT2D eigenvalue weighted by atomic mass is 14.9. The average molecular weight is 257 g/mol. The van der Waals surface area contributed by atoms with E-state index in [-0.39, 0.29) is 0 Å². The number of rotatable bonds is 6. The normalized spacial score (nSPS) is 13.1. The Hall–Kier alpha value is -1.48. The van der Waals surface area contributed by atoms with Crippen LogP contribution in [0, 0.1) is 5.92 Å². The zero-order chi connectivity index (χ0) is 13.7. The van der Waals surface area contributed by atoms with Gasteiger partial charge in [0.2, 0.25) is 0 Å². The van der Waals surface area contributed by atoms with Crippen LogP contribution in [0.15, 0.2) is 30.5 Å². The lowest BCUT2D eigenvalue weighted by Gasteiger charge is -2.14. The van der Waals surface area contributed by atoms with Crippen molar-refractivity contribution in [3.05, 3.63) is 36.2 Å². The van der Waals surface area contributed by atoms with E-state index in [0.29, 0.717) is 6.04 Å². The zero-order valence-electron chi connectivity index (χ0n) is 12.1. The number of nitrogens with zero attached hydrogens (tertiary/aromatic N) is 2. The molecule has 0 aliphatic heterocycles. The van der Waals surface area contributed by atoms with E-state index in [1.165, 1.54) is 12.8 Å². The quantitative estimate of drug-likeness (QED) is 0.860. The molecule has 0 spiro atoms. The first kappa shape index (κ1) is 13.9. The average Bonchev–Trinajstić information content (AvgIpc) is 2.42. The van der Waals surface area contributed by atoms with Gasteiger partial charge < -0.3 is 5.32 Å². The predicted molar refractivity (Wildman–Crippen MR) is 79.9 cm³/mol. The number of nitrogens with one attached hydrogen (secondary N) is 1. The van der Waals surface area contributed by atoms with E-state index in [0.717, 1.165) is 29.2 Å². The first-order valence-electron chi connectivity index (χ1n) is 7.09. The molecule has 1 aromatic heterocycles. The van der Waals surface area contributed by atoms with E-state index in [1.54, 1.807) is 0 Å². The van der Waals surface area contributed by atoms with Gasteiger partial charge in [-0.3, -0.25) is 4.98 Å². The van der Waals surface area contributed by atoms with Crippen molar-refractivity contribution in [2.45, 2.75) is 46.2 Å². The highest BCUT2D eigenvalue weighted by molar-refractivity contribution is 5.73. The Morgan fingerprint density at radius 2 is 1.79 bits per heavy atom. The molecular formula is C16H23N3. The van der Waals surface area contributed by atoms with Gasteiger partial charge in [-0.1, -0.05) is 26.0 Å². The minimum Gasteiger partial charge on any atom is -0.309 e. The Morgan fingerprint density at radius 1 is 1.05 bits per heavy atom. The summed E-state index contributed by atoms with van der Waals surface area (Å²) >= 11 is 0. The molecule has 3 nitrogen and oxygen atoms in total. The highest BCUT2D eigenvalue weighted by Crippen LogP contribution is 2.09. The second kappa shape index (κ2) is 6.62. The van der Waals surface area contributed by atoms with Crippen molar-refractivity contribution >= 4 is 11.0 Å². The summed E-state index contributed by atoms with van der Waals surface area (Å²) in [5, 5.41) is 3.52. The monoisotopic (exact) mass is 257 g/mol. The SMILES string of the molecule is CC(C)CCC(C)NCc1cnc2ccccc2n1. The summed E-state index contributed by atoms with van der Waals surface area (Å²) in [7, 11) is 0. The fourth-order valence-electron chi connectivity index (χ4n) is 2.04. The number of benzene rings is 1. The van der Waals surface area contributed by atoms with Crippen molar-refractivity contribution in [1.29, 1.82) is 0 Å². The molecule has 0 radical (unpaired) electrons. The first-order chi connectivity index (χ1) is 9.15. The predicted octanol–water partition coefficient (Wildman–Crippen LogP) is 3.54. The molecule has 1 unspecified atom stereocenters. The molecule has 0 saturated heterocycles. The summed E-state index contributed by atoms with van der Waals surface area (Å²) < 4.78 is 0. The molecule has 0 bridgehead atoms. The molecule has 1 heterocycles. The van der Waals surface area contributed by atoms with Crippen molar-refractivity contribution in [1.82, 2.24) is 15.3 Å². The van der Waals surface area contributed by atoms with E-state index >= 15 is 0 Å². The maximum absolute atomic E-state index is 4.62. The van der Waals surface area contributed by atoms with Crippen LogP contribution in [0.2, 0.25) is 0 Å². The van der Waals surface area contributed by atoms with Crippen LogP contribution in [0.25, 0.3) is 11.0 Å². The van der Waals surface area contributed by atoms with Crippen molar-refractivity contribution < 1.29 is 0 Å². The smallest absolute Gasteiger partial charge is 0.0890 e. The summed E-state index contributed by atoms with van der Waals surface area (Å²) in [5.74, 6) is 0.768. The van der Waals surface area contributed by atoms with Gasteiger partial charge in [-0.15, -0.1) is 0 Å². The zero-order valence-corrected chi connectivity index (χ0v) is 12.1. The maximum atomic E-state index is 4.62.